The van der Waals surface area contributed by atoms with Crippen LogP contribution in [0.15, 0.2) is 24.3 Å². The third-order valence-corrected chi connectivity index (χ3v) is 2.22. The molecule has 0 amide bonds. The van der Waals surface area contributed by atoms with Crippen LogP contribution in [0, 0.1) is 5.41 Å². The smallest absolute Gasteiger partial charge is 0.219 e. The van der Waals surface area contributed by atoms with E-state index in [9.17, 15) is 0 Å². The van der Waals surface area contributed by atoms with E-state index in [1.54, 1.807) is 0 Å². The minimum atomic E-state index is 0.168. The lowest BCUT2D eigenvalue weighted by atomic mass is 10.0. The zero-order chi connectivity index (χ0) is 12.0. The van der Waals surface area contributed by atoms with Crippen LogP contribution in [0.3, 0.4) is 0 Å². The van der Waals surface area contributed by atoms with Gasteiger partial charge >= 0.3 is 0 Å². The van der Waals surface area contributed by atoms with Gasteiger partial charge in [0.05, 0.1) is 6.61 Å². The van der Waals surface area contributed by atoms with Gasteiger partial charge in [-0.1, -0.05) is 32.0 Å². The maximum Gasteiger partial charge on any atom is 0.219 e. The number of hydrogen-bond donors (Lipinski definition) is 1. The molecule has 1 aromatic carbocycles. The summed E-state index contributed by atoms with van der Waals surface area (Å²) < 4.78 is 10.6. The number of ether oxygens (including phenoxy) is 2. The standard InChI is InChI=1S/C13H19NO2/c1-4-15-13(14)9-16-12-8-6-5-7-11(12)10(2)3/h5-8,10,14H,4,9H2,1-3H3. The highest BCUT2D eigenvalue weighted by Crippen LogP contribution is 2.25. The summed E-state index contributed by atoms with van der Waals surface area (Å²) in [5.74, 6) is 1.42. The molecule has 0 spiro atoms. The van der Waals surface area contributed by atoms with Gasteiger partial charge < -0.3 is 9.47 Å². The monoisotopic (exact) mass is 221 g/mol. The highest BCUT2D eigenvalue weighted by molar-refractivity contribution is 5.74. The minimum absolute atomic E-state index is 0.168. The van der Waals surface area contributed by atoms with Gasteiger partial charge in [-0.2, -0.15) is 0 Å². The van der Waals surface area contributed by atoms with Gasteiger partial charge in [-0.3, -0.25) is 5.41 Å². The molecule has 16 heavy (non-hydrogen) atoms. The summed E-state index contributed by atoms with van der Waals surface area (Å²) in [6, 6.07) is 7.90. The van der Waals surface area contributed by atoms with Crippen molar-refractivity contribution >= 4 is 5.90 Å². The van der Waals surface area contributed by atoms with Crippen molar-refractivity contribution in [2.45, 2.75) is 26.7 Å². The molecule has 0 bridgehead atoms. The SMILES string of the molecule is CCOC(=N)COc1ccccc1C(C)C. The van der Waals surface area contributed by atoms with Crippen LogP contribution in [0.5, 0.6) is 5.75 Å². The third kappa shape index (κ3) is 3.57. The van der Waals surface area contributed by atoms with Gasteiger partial charge in [0.1, 0.15) is 5.75 Å². The average Bonchev–Trinajstić information content (AvgIpc) is 2.27. The molecule has 88 valence electrons. The molecule has 3 heteroatoms. The van der Waals surface area contributed by atoms with Crippen LogP contribution >= 0.6 is 0 Å². The van der Waals surface area contributed by atoms with Crippen LogP contribution in [-0.2, 0) is 4.74 Å². The number of para-hydroxylation sites is 1. The van der Waals surface area contributed by atoms with E-state index in [1.165, 1.54) is 0 Å². The van der Waals surface area contributed by atoms with E-state index in [0.29, 0.717) is 12.5 Å². The summed E-state index contributed by atoms with van der Waals surface area (Å²) in [6.45, 7) is 6.80. The Kier molecular flexibility index (Phi) is 4.83. The largest absolute Gasteiger partial charge is 0.484 e. The number of benzene rings is 1. The number of nitrogens with one attached hydrogen (secondary N) is 1. The summed E-state index contributed by atoms with van der Waals surface area (Å²) >= 11 is 0. The van der Waals surface area contributed by atoms with E-state index in [1.807, 2.05) is 31.2 Å². The predicted octanol–water partition coefficient (Wildman–Crippen LogP) is 3.20. The molecule has 0 aliphatic rings. The van der Waals surface area contributed by atoms with Crippen molar-refractivity contribution in [2.75, 3.05) is 13.2 Å². The second kappa shape index (κ2) is 6.16. The maximum absolute atomic E-state index is 7.47. The van der Waals surface area contributed by atoms with Gasteiger partial charge in [-0.05, 0) is 24.5 Å². The normalized spacial score (nSPS) is 10.2. The zero-order valence-corrected chi connectivity index (χ0v) is 10.1. The minimum Gasteiger partial charge on any atom is -0.484 e. The average molecular weight is 221 g/mol. The molecule has 3 nitrogen and oxygen atoms in total. The molecular formula is C13H19NO2. The Hall–Kier alpha value is -1.51. The molecule has 0 aliphatic heterocycles. The molecule has 0 radical (unpaired) electrons. The molecule has 0 unspecified atom stereocenters. The Labute approximate surface area is 96.9 Å². The first-order chi connectivity index (χ1) is 7.65. The summed E-state index contributed by atoms with van der Waals surface area (Å²) in [7, 11) is 0. The molecule has 0 aliphatic carbocycles. The van der Waals surface area contributed by atoms with E-state index in [0.717, 1.165) is 11.3 Å². The molecule has 0 atom stereocenters. The number of hydrogen-bond acceptors (Lipinski definition) is 3. The summed E-state index contributed by atoms with van der Waals surface area (Å²) in [4.78, 5) is 0. The van der Waals surface area contributed by atoms with E-state index >= 15 is 0 Å². The topological polar surface area (TPSA) is 42.3 Å². The lowest BCUT2D eigenvalue weighted by Gasteiger charge is -2.13. The molecule has 1 rings (SSSR count). The van der Waals surface area contributed by atoms with Crippen molar-refractivity contribution in [1.82, 2.24) is 0 Å². The Morgan fingerprint density at radius 1 is 1.31 bits per heavy atom. The highest BCUT2D eigenvalue weighted by Gasteiger charge is 2.07. The van der Waals surface area contributed by atoms with Crippen molar-refractivity contribution in [1.29, 1.82) is 5.41 Å². The Bertz CT molecular complexity index is 348. The number of rotatable bonds is 5. The first-order valence-corrected chi connectivity index (χ1v) is 5.57. The Balaban J connectivity index is 2.63. The van der Waals surface area contributed by atoms with Crippen LogP contribution in [0.4, 0.5) is 0 Å². The van der Waals surface area contributed by atoms with Gasteiger partial charge in [0.2, 0.25) is 5.90 Å². The molecule has 0 saturated heterocycles. The van der Waals surface area contributed by atoms with Crippen molar-refractivity contribution in [3.8, 4) is 5.75 Å². The van der Waals surface area contributed by atoms with Crippen molar-refractivity contribution in [2.24, 2.45) is 0 Å². The molecule has 0 saturated carbocycles. The van der Waals surface area contributed by atoms with Gasteiger partial charge in [0.15, 0.2) is 6.61 Å². The summed E-state index contributed by atoms with van der Waals surface area (Å²) in [6.07, 6.45) is 0. The second-order valence-corrected chi connectivity index (χ2v) is 3.84. The Morgan fingerprint density at radius 2 is 2.00 bits per heavy atom. The van der Waals surface area contributed by atoms with E-state index in [-0.39, 0.29) is 12.5 Å². The maximum atomic E-state index is 7.47. The van der Waals surface area contributed by atoms with Crippen molar-refractivity contribution in [3.05, 3.63) is 29.8 Å². The van der Waals surface area contributed by atoms with Gasteiger partial charge in [-0.25, -0.2) is 0 Å². The molecule has 0 aromatic heterocycles. The van der Waals surface area contributed by atoms with E-state index in [2.05, 4.69) is 13.8 Å². The van der Waals surface area contributed by atoms with E-state index < -0.39 is 0 Å². The first-order valence-electron chi connectivity index (χ1n) is 5.57. The van der Waals surface area contributed by atoms with Gasteiger partial charge in [0.25, 0.3) is 0 Å². The van der Waals surface area contributed by atoms with Crippen LogP contribution in [0.25, 0.3) is 0 Å². The fraction of sp³-hybridized carbons (Fsp3) is 0.462. The van der Waals surface area contributed by atoms with Crippen molar-refractivity contribution < 1.29 is 9.47 Å². The van der Waals surface area contributed by atoms with Crippen LogP contribution in [0.1, 0.15) is 32.3 Å². The van der Waals surface area contributed by atoms with E-state index in [4.69, 9.17) is 14.9 Å². The van der Waals surface area contributed by atoms with Crippen LogP contribution < -0.4 is 4.74 Å². The quantitative estimate of drug-likeness (QED) is 0.612. The van der Waals surface area contributed by atoms with Gasteiger partial charge in [0, 0.05) is 0 Å². The molecule has 0 heterocycles. The predicted molar refractivity (Wildman–Crippen MR) is 65.4 cm³/mol. The Morgan fingerprint density at radius 3 is 2.62 bits per heavy atom. The van der Waals surface area contributed by atoms with Crippen LogP contribution in [-0.4, -0.2) is 19.1 Å². The lowest BCUT2D eigenvalue weighted by molar-refractivity contribution is 0.271. The van der Waals surface area contributed by atoms with Gasteiger partial charge in [-0.15, -0.1) is 0 Å². The first kappa shape index (κ1) is 12.6. The summed E-state index contributed by atoms with van der Waals surface area (Å²) in [5, 5.41) is 7.47. The second-order valence-electron chi connectivity index (χ2n) is 3.84. The molecule has 1 N–H and O–H groups in total. The fourth-order valence-electron chi connectivity index (χ4n) is 1.45. The van der Waals surface area contributed by atoms with Crippen LogP contribution in [0.2, 0.25) is 0 Å². The molecule has 1 aromatic rings. The zero-order valence-electron chi connectivity index (χ0n) is 10.1. The molecule has 0 fully saturated rings. The summed E-state index contributed by atoms with van der Waals surface area (Å²) in [5.41, 5.74) is 1.16. The molecular weight excluding hydrogens is 202 g/mol. The highest BCUT2D eigenvalue weighted by atomic mass is 16.5. The third-order valence-electron chi connectivity index (χ3n) is 2.22. The fourth-order valence-corrected chi connectivity index (χ4v) is 1.45. The lowest BCUT2D eigenvalue weighted by Crippen LogP contribution is -2.14. The van der Waals surface area contributed by atoms with Crippen molar-refractivity contribution in [3.63, 3.8) is 0 Å².